The highest BCUT2D eigenvalue weighted by Gasteiger charge is 1.99. The maximum Gasteiger partial charge on any atom is 0.336 e. The molecule has 0 saturated heterocycles. The molecule has 0 radical (unpaired) electrons. The molecule has 5 heteroatoms. The van der Waals surface area contributed by atoms with Crippen LogP contribution in [0.15, 0.2) is 74.0 Å². The van der Waals surface area contributed by atoms with E-state index in [9.17, 15) is 4.79 Å². The molecule has 1 heterocycles. The molecule has 0 spiro atoms. The molecular weight excluding hydrogens is 340 g/mol. The minimum atomic E-state index is -0.361. The summed E-state index contributed by atoms with van der Waals surface area (Å²) in [6.07, 6.45) is 6.14. The summed E-state index contributed by atoms with van der Waals surface area (Å²) in [6, 6.07) is 16.0. The minimum absolute atomic E-state index is 0.361. The molecule has 0 aliphatic carbocycles. The average Bonchev–Trinajstić information content (AvgIpc) is 2.70. The number of nitrogens with zero attached hydrogens (tertiary/aromatic N) is 2. The molecule has 0 aliphatic heterocycles. The van der Waals surface area contributed by atoms with Gasteiger partial charge in [0.2, 0.25) is 0 Å². The molecule has 27 heavy (non-hydrogen) atoms. The zero-order chi connectivity index (χ0) is 18.9. The van der Waals surface area contributed by atoms with Crippen LogP contribution in [-0.4, -0.2) is 6.61 Å². The fourth-order valence-corrected chi connectivity index (χ4v) is 2.74. The lowest BCUT2D eigenvalue weighted by atomic mass is 10.2. The van der Waals surface area contributed by atoms with E-state index in [4.69, 9.17) is 9.15 Å². The number of unbranched alkanes of at least 4 members (excludes halogenated alkanes) is 4. The summed E-state index contributed by atoms with van der Waals surface area (Å²) >= 11 is 0. The van der Waals surface area contributed by atoms with Crippen LogP contribution >= 0.6 is 0 Å². The second kappa shape index (κ2) is 9.67. The van der Waals surface area contributed by atoms with Gasteiger partial charge in [-0.2, -0.15) is 10.2 Å². The van der Waals surface area contributed by atoms with E-state index < -0.39 is 0 Å². The van der Waals surface area contributed by atoms with Crippen LogP contribution in [0.5, 0.6) is 5.75 Å². The maximum atomic E-state index is 11.2. The van der Waals surface area contributed by atoms with Gasteiger partial charge in [-0.1, -0.05) is 32.6 Å². The molecule has 0 bridgehead atoms. The zero-order valence-electron chi connectivity index (χ0n) is 15.6. The van der Waals surface area contributed by atoms with Crippen LogP contribution in [0.25, 0.3) is 11.0 Å². The first-order valence-electron chi connectivity index (χ1n) is 9.43. The van der Waals surface area contributed by atoms with Crippen molar-refractivity contribution in [2.24, 2.45) is 10.2 Å². The summed E-state index contributed by atoms with van der Waals surface area (Å²) in [6.45, 7) is 2.96. The Balaban J connectivity index is 1.54. The van der Waals surface area contributed by atoms with Gasteiger partial charge in [0.25, 0.3) is 0 Å². The molecule has 0 amide bonds. The first-order chi connectivity index (χ1) is 13.2. The molecule has 3 rings (SSSR count). The molecule has 0 atom stereocenters. The Bertz CT molecular complexity index is 946. The van der Waals surface area contributed by atoms with Crippen LogP contribution in [0.2, 0.25) is 0 Å². The van der Waals surface area contributed by atoms with Crippen molar-refractivity contribution in [2.45, 2.75) is 39.0 Å². The lowest BCUT2D eigenvalue weighted by Gasteiger charge is -2.06. The quantitative estimate of drug-likeness (QED) is 0.245. The normalized spacial score (nSPS) is 11.3. The molecule has 0 fully saturated rings. The van der Waals surface area contributed by atoms with Gasteiger partial charge >= 0.3 is 5.63 Å². The van der Waals surface area contributed by atoms with E-state index in [0.717, 1.165) is 29.9 Å². The number of azo groups is 1. The van der Waals surface area contributed by atoms with Gasteiger partial charge in [0.1, 0.15) is 11.3 Å². The van der Waals surface area contributed by atoms with Crippen molar-refractivity contribution < 1.29 is 9.15 Å². The van der Waals surface area contributed by atoms with Crippen molar-refractivity contribution in [3.05, 3.63) is 65.0 Å². The van der Waals surface area contributed by atoms with Gasteiger partial charge in [0.05, 0.1) is 18.0 Å². The van der Waals surface area contributed by atoms with Crippen LogP contribution in [0.1, 0.15) is 39.0 Å². The monoisotopic (exact) mass is 364 g/mol. The average molecular weight is 364 g/mol. The van der Waals surface area contributed by atoms with Crippen molar-refractivity contribution in [3.8, 4) is 5.75 Å². The predicted octanol–water partition coefficient (Wildman–Crippen LogP) is 6.56. The highest BCUT2D eigenvalue weighted by Crippen LogP contribution is 2.24. The third-order valence-corrected chi connectivity index (χ3v) is 4.24. The van der Waals surface area contributed by atoms with E-state index >= 15 is 0 Å². The van der Waals surface area contributed by atoms with Crippen molar-refractivity contribution in [1.29, 1.82) is 0 Å². The molecule has 3 aromatic rings. The second-order valence-corrected chi connectivity index (χ2v) is 6.43. The van der Waals surface area contributed by atoms with E-state index in [-0.39, 0.29) is 5.63 Å². The first kappa shape index (κ1) is 18.8. The summed E-state index contributed by atoms with van der Waals surface area (Å²) in [5, 5.41) is 9.31. The van der Waals surface area contributed by atoms with Gasteiger partial charge in [-0.15, -0.1) is 0 Å². The van der Waals surface area contributed by atoms with E-state index in [0.29, 0.717) is 11.3 Å². The topological polar surface area (TPSA) is 64.2 Å². The number of ether oxygens (including phenoxy) is 1. The zero-order valence-corrected chi connectivity index (χ0v) is 15.6. The number of fused-ring (bicyclic) bond motifs is 1. The fourth-order valence-electron chi connectivity index (χ4n) is 2.74. The van der Waals surface area contributed by atoms with Gasteiger partial charge in [-0.3, -0.25) is 0 Å². The third kappa shape index (κ3) is 5.78. The highest BCUT2D eigenvalue weighted by atomic mass is 16.5. The summed E-state index contributed by atoms with van der Waals surface area (Å²) < 4.78 is 10.9. The Morgan fingerprint density at radius 2 is 1.59 bits per heavy atom. The van der Waals surface area contributed by atoms with Gasteiger partial charge in [-0.25, -0.2) is 4.79 Å². The summed E-state index contributed by atoms with van der Waals surface area (Å²) in [4.78, 5) is 11.2. The highest BCUT2D eigenvalue weighted by molar-refractivity contribution is 5.79. The fraction of sp³-hybridized carbons (Fsp3) is 0.318. The SMILES string of the molecule is CCCCCCCOc1ccc(N=Nc2ccc3oc(=O)ccc3c2)cc1. The number of hydrogen-bond acceptors (Lipinski definition) is 5. The standard InChI is InChI=1S/C22H24N2O3/c1-2-3-4-5-6-15-26-20-11-8-18(9-12-20)23-24-19-10-13-21-17(16-19)7-14-22(25)27-21/h7-14,16H,2-6,15H2,1H3. The number of benzene rings is 2. The summed E-state index contributed by atoms with van der Waals surface area (Å²) in [5.74, 6) is 0.852. The van der Waals surface area contributed by atoms with Crippen molar-refractivity contribution in [3.63, 3.8) is 0 Å². The number of hydrogen-bond donors (Lipinski definition) is 0. The van der Waals surface area contributed by atoms with E-state index in [2.05, 4.69) is 17.2 Å². The van der Waals surface area contributed by atoms with E-state index in [1.807, 2.05) is 30.3 Å². The van der Waals surface area contributed by atoms with Gasteiger partial charge in [0, 0.05) is 11.5 Å². The minimum Gasteiger partial charge on any atom is -0.494 e. The number of rotatable bonds is 9. The Morgan fingerprint density at radius 1 is 0.852 bits per heavy atom. The molecule has 1 aromatic heterocycles. The molecular formula is C22H24N2O3. The summed E-state index contributed by atoms with van der Waals surface area (Å²) in [7, 11) is 0. The molecule has 0 unspecified atom stereocenters. The predicted molar refractivity (Wildman–Crippen MR) is 107 cm³/mol. The van der Waals surface area contributed by atoms with Crippen molar-refractivity contribution >= 4 is 22.3 Å². The van der Waals surface area contributed by atoms with E-state index in [1.54, 1.807) is 18.2 Å². The maximum absolute atomic E-state index is 11.2. The third-order valence-electron chi connectivity index (χ3n) is 4.24. The lowest BCUT2D eigenvalue weighted by Crippen LogP contribution is -1.96. The van der Waals surface area contributed by atoms with Crippen LogP contribution in [0, 0.1) is 0 Å². The largest absolute Gasteiger partial charge is 0.494 e. The molecule has 0 saturated carbocycles. The molecule has 0 aliphatic rings. The lowest BCUT2D eigenvalue weighted by molar-refractivity contribution is 0.304. The summed E-state index contributed by atoms with van der Waals surface area (Å²) in [5.41, 5.74) is 1.63. The molecule has 2 aromatic carbocycles. The van der Waals surface area contributed by atoms with Crippen LogP contribution < -0.4 is 10.4 Å². The van der Waals surface area contributed by atoms with Gasteiger partial charge in [-0.05, 0) is 55.0 Å². The van der Waals surface area contributed by atoms with Crippen molar-refractivity contribution in [2.75, 3.05) is 6.61 Å². The molecule has 140 valence electrons. The molecule has 5 nitrogen and oxygen atoms in total. The Morgan fingerprint density at radius 3 is 2.41 bits per heavy atom. The smallest absolute Gasteiger partial charge is 0.336 e. The van der Waals surface area contributed by atoms with Gasteiger partial charge < -0.3 is 9.15 Å². The van der Waals surface area contributed by atoms with Crippen LogP contribution in [-0.2, 0) is 0 Å². The Labute approximate surface area is 158 Å². The van der Waals surface area contributed by atoms with Crippen LogP contribution in [0.4, 0.5) is 11.4 Å². The second-order valence-electron chi connectivity index (χ2n) is 6.43. The molecule has 0 N–H and O–H groups in total. The Hall–Kier alpha value is -2.95. The first-order valence-corrected chi connectivity index (χ1v) is 9.43. The van der Waals surface area contributed by atoms with E-state index in [1.165, 1.54) is 31.7 Å². The van der Waals surface area contributed by atoms with Crippen molar-refractivity contribution in [1.82, 2.24) is 0 Å². The van der Waals surface area contributed by atoms with Crippen LogP contribution in [0.3, 0.4) is 0 Å². The van der Waals surface area contributed by atoms with Gasteiger partial charge in [0.15, 0.2) is 0 Å². The Kier molecular flexibility index (Phi) is 6.74.